The highest BCUT2D eigenvalue weighted by Crippen LogP contribution is 2.38. The van der Waals surface area contributed by atoms with Gasteiger partial charge in [-0.25, -0.2) is 4.98 Å². The highest BCUT2D eigenvalue weighted by molar-refractivity contribution is 7.21. The third-order valence-corrected chi connectivity index (χ3v) is 6.03. The number of aromatic nitrogens is 1. The van der Waals surface area contributed by atoms with Gasteiger partial charge in [0, 0.05) is 16.6 Å². The fourth-order valence-electron chi connectivity index (χ4n) is 3.34. The van der Waals surface area contributed by atoms with Gasteiger partial charge in [-0.05, 0) is 48.5 Å². The van der Waals surface area contributed by atoms with E-state index < -0.39 is 17.6 Å². The van der Waals surface area contributed by atoms with Crippen LogP contribution in [0.3, 0.4) is 0 Å². The van der Waals surface area contributed by atoms with Gasteiger partial charge in [0.1, 0.15) is 9.71 Å². The summed E-state index contributed by atoms with van der Waals surface area (Å²) >= 11 is 1.07. The number of nitrogens with two attached hydrogens (primary N) is 1. The molecule has 0 atom stereocenters. The van der Waals surface area contributed by atoms with E-state index in [0.29, 0.717) is 27.4 Å². The van der Waals surface area contributed by atoms with Crippen LogP contribution in [0.4, 0.5) is 24.5 Å². The Hall–Kier alpha value is -3.79. The van der Waals surface area contributed by atoms with Gasteiger partial charge in [-0.3, -0.25) is 4.79 Å². The fourth-order valence-corrected chi connectivity index (χ4v) is 4.33. The zero-order valence-corrected chi connectivity index (χ0v) is 17.0. The summed E-state index contributed by atoms with van der Waals surface area (Å²) in [6.45, 7) is 0.164. The molecular weight excluding hydrogens is 443 g/mol. The number of halogens is 3. The maximum Gasteiger partial charge on any atom is 0.416 e. The first-order valence-electron chi connectivity index (χ1n) is 9.37. The molecule has 2 aromatic heterocycles. The summed E-state index contributed by atoms with van der Waals surface area (Å²) < 4.78 is 49.5. The molecule has 0 saturated heterocycles. The molecule has 0 bridgehead atoms. The van der Waals surface area contributed by atoms with Crippen molar-refractivity contribution in [2.24, 2.45) is 0 Å². The maximum absolute atomic E-state index is 12.9. The molecule has 162 valence electrons. The highest BCUT2D eigenvalue weighted by Gasteiger charge is 2.30. The minimum atomic E-state index is -4.51. The molecule has 32 heavy (non-hydrogen) atoms. The van der Waals surface area contributed by atoms with Crippen molar-refractivity contribution in [3.05, 3.63) is 65.0 Å². The zero-order valence-electron chi connectivity index (χ0n) is 16.2. The number of anilines is 2. The minimum absolute atomic E-state index is 0.0238. The van der Waals surface area contributed by atoms with E-state index in [2.05, 4.69) is 10.3 Å². The number of hydrogen-bond donors (Lipinski definition) is 2. The molecule has 0 radical (unpaired) electrons. The van der Waals surface area contributed by atoms with E-state index in [1.54, 1.807) is 18.2 Å². The van der Waals surface area contributed by atoms with Crippen LogP contribution >= 0.6 is 11.3 Å². The van der Waals surface area contributed by atoms with E-state index in [1.165, 1.54) is 12.1 Å². The lowest BCUT2D eigenvalue weighted by molar-refractivity contribution is -0.137. The Morgan fingerprint density at radius 1 is 1.06 bits per heavy atom. The Balaban J connectivity index is 1.45. The van der Waals surface area contributed by atoms with Gasteiger partial charge >= 0.3 is 6.18 Å². The normalized spacial score (nSPS) is 12.8. The van der Waals surface area contributed by atoms with Gasteiger partial charge in [0.25, 0.3) is 5.91 Å². The van der Waals surface area contributed by atoms with E-state index in [-0.39, 0.29) is 23.0 Å². The predicted octanol–water partition coefficient (Wildman–Crippen LogP) is 5.55. The van der Waals surface area contributed by atoms with E-state index in [9.17, 15) is 18.0 Å². The van der Waals surface area contributed by atoms with Gasteiger partial charge in [-0.15, -0.1) is 11.3 Å². The predicted molar refractivity (Wildman–Crippen MR) is 115 cm³/mol. The summed E-state index contributed by atoms with van der Waals surface area (Å²) in [5.41, 5.74) is 7.00. The van der Waals surface area contributed by atoms with Gasteiger partial charge in [-0.1, -0.05) is 6.07 Å². The lowest BCUT2D eigenvalue weighted by atomic mass is 10.1. The molecule has 0 saturated carbocycles. The zero-order chi connectivity index (χ0) is 22.5. The smallest absolute Gasteiger partial charge is 0.416 e. The quantitative estimate of drug-likeness (QED) is 0.422. The summed E-state index contributed by atoms with van der Waals surface area (Å²) in [7, 11) is 0. The number of nitrogens with one attached hydrogen (secondary N) is 1. The lowest BCUT2D eigenvalue weighted by Gasteiger charge is -2.09. The third kappa shape index (κ3) is 3.58. The summed E-state index contributed by atoms with van der Waals surface area (Å²) in [6, 6.07) is 13.4. The number of pyridine rings is 1. The maximum atomic E-state index is 12.9. The van der Waals surface area contributed by atoms with Crippen molar-refractivity contribution in [3.8, 4) is 22.8 Å². The molecule has 1 aliphatic rings. The standard InChI is InChI=1S/C22H14F3N3O3S/c23-22(24,25)12-2-1-3-13(9-12)27-20(29)19-18(26)14-5-6-15(28-21(14)32-19)11-4-7-16-17(8-11)31-10-30-16/h1-9H,10,26H2,(H,27,29). The fraction of sp³-hybridized carbons (Fsp3) is 0.0909. The molecule has 0 aliphatic carbocycles. The van der Waals surface area contributed by atoms with Crippen molar-refractivity contribution in [2.45, 2.75) is 6.18 Å². The van der Waals surface area contributed by atoms with Crippen molar-refractivity contribution in [1.29, 1.82) is 0 Å². The van der Waals surface area contributed by atoms with Crippen LogP contribution in [-0.2, 0) is 6.18 Å². The number of amides is 1. The number of fused-ring (bicyclic) bond motifs is 2. The van der Waals surface area contributed by atoms with Crippen molar-refractivity contribution in [3.63, 3.8) is 0 Å². The number of benzene rings is 2. The van der Waals surface area contributed by atoms with Gasteiger partial charge in [0.15, 0.2) is 11.5 Å². The number of rotatable bonds is 3. The van der Waals surface area contributed by atoms with Crippen LogP contribution in [0.15, 0.2) is 54.6 Å². The Bertz CT molecular complexity index is 1370. The van der Waals surface area contributed by atoms with Crippen LogP contribution in [0, 0.1) is 0 Å². The summed E-state index contributed by atoms with van der Waals surface area (Å²) in [4.78, 5) is 18.0. The van der Waals surface area contributed by atoms with Crippen LogP contribution in [0.2, 0.25) is 0 Å². The Morgan fingerprint density at radius 3 is 2.69 bits per heavy atom. The molecular formula is C22H14F3N3O3S. The number of carbonyl (C=O) groups excluding carboxylic acids is 1. The van der Waals surface area contributed by atoms with E-state index in [1.807, 2.05) is 12.1 Å². The molecule has 4 aromatic rings. The van der Waals surface area contributed by atoms with E-state index in [4.69, 9.17) is 15.2 Å². The molecule has 0 fully saturated rings. The van der Waals surface area contributed by atoms with Gasteiger partial charge in [0.2, 0.25) is 6.79 Å². The van der Waals surface area contributed by atoms with Gasteiger partial charge in [0.05, 0.1) is 16.9 Å². The molecule has 1 amide bonds. The molecule has 3 N–H and O–H groups in total. The molecule has 6 nitrogen and oxygen atoms in total. The van der Waals surface area contributed by atoms with Crippen LogP contribution in [-0.4, -0.2) is 17.7 Å². The second kappa shape index (κ2) is 7.41. The largest absolute Gasteiger partial charge is 0.454 e. The molecule has 5 rings (SSSR count). The SMILES string of the molecule is Nc1c(C(=O)Nc2cccc(C(F)(F)F)c2)sc2nc(-c3ccc4c(c3)OCO4)ccc12. The number of ether oxygens (including phenoxy) is 2. The molecule has 10 heteroatoms. The first-order chi connectivity index (χ1) is 15.3. The highest BCUT2D eigenvalue weighted by atomic mass is 32.1. The third-order valence-electron chi connectivity index (χ3n) is 4.92. The van der Waals surface area contributed by atoms with Crippen LogP contribution < -0.4 is 20.5 Å². The average molecular weight is 457 g/mol. The average Bonchev–Trinajstić information content (AvgIpc) is 3.37. The molecule has 1 aliphatic heterocycles. The first-order valence-corrected chi connectivity index (χ1v) is 10.2. The summed E-state index contributed by atoms with van der Waals surface area (Å²) in [5.74, 6) is 0.675. The summed E-state index contributed by atoms with van der Waals surface area (Å²) in [6.07, 6.45) is -4.51. The number of nitrogens with zero attached hydrogens (tertiary/aromatic N) is 1. The monoisotopic (exact) mass is 457 g/mol. The van der Waals surface area contributed by atoms with Crippen LogP contribution in [0.25, 0.3) is 21.5 Å². The van der Waals surface area contributed by atoms with E-state index >= 15 is 0 Å². The summed E-state index contributed by atoms with van der Waals surface area (Å²) in [5, 5.41) is 3.07. The second-order valence-electron chi connectivity index (χ2n) is 6.99. The van der Waals surface area contributed by atoms with Crippen molar-refractivity contribution in [1.82, 2.24) is 4.98 Å². The number of hydrogen-bond acceptors (Lipinski definition) is 6. The number of thiophene rings is 1. The molecule has 2 aromatic carbocycles. The van der Waals surface area contributed by atoms with Crippen molar-refractivity contribution >= 4 is 38.8 Å². The lowest BCUT2D eigenvalue weighted by Crippen LogP contribution is -2.13. The Morgan fingerprint density at radius 2 is 1.88 bits per heavy atom. The van der Waals surface area contributed by atoms with Gasteiger partial charge < -0.3 is 20.5 Å². The number of carbonyl (C=O) groups is 1. The van der Waals surface area contributed by atoms with Gasteiger partial charge in [-0.2, -0.15) is 13.2 Å². The Kier molecular flexibility index (Phi) is 4.66. The topological polar surface area (TPSA) is 86.5 Å². The number of nitrogen functional groups attached to an aromatic ring is 1. The molecule has 0 unspecified atom stereocenters. The van der Waals surface area contributed by atoms with Crippen LogP contribution in [0.1, 0.15) is 15.2 Å². The van der Waals surface area contributed by atoms with Crippen molar-refractivity contribution in [2.75, 3.05) is 17.8 Å². The molecule has 3 heterocycles. The van der Waals surface area contributed by atoms with E-state index in [0.717, 1.165) is 29.0 Å². The second-order valence-corrected chi connectivity index (χ2v) is 7.99. The number of alkyl halides is 3. The van der Waals surface area contributed by atoms with Crippen LogP contribution in [0.5, 0.6) is 11.5 Å². The first kappa shape index (κ1) is 20.1. The van der Waals surface area contributed by atoms with Crippen molar-refractivity contribution < 1.29 is 27.4 Å². The molecule has 0 spiro atoms. The minimum Gasteiger partial charge on any atom is -0.454 e. The Labute approximate surface area is 183 Å².